The highest BCUT2D eigenvalue weighted by Gasteiger charge is 2.36. The number of rotatable bonds is 7. The molecule has 1 saturated carbocycles. The fraction of sp³-hybridized carbons (Fsp3) is 0.619. The molecule has 2 N–H and O–H groups in total. The molecule has 0 aliphatic heterocycles. The number of allylic oxidation sites excluding steroid dienone is 1. The first-order valence-electron chi connectivity index (χ1n) is 9.67. The van der Waals surface area contributed by atoms with Crippen LogP contribution in [0.3, 0.4) is 0 Å². The van der Waals surface area contributed by atoms with E-state index in [0.29, 0.717) is 0 Å². The molecule has 148 valence electrons. The maximum absolute atomic E-state index is 13.2. The smallest absolute Gasteiger partial charge is 0.272 e. The van der Waals surface area contributed by atoms with Crippen LogP contribution in [-0.4, -0.2) is 32.8 Å². The van der Waals surface area contributed by atoms with Crippen LogP contribution in [0.4, 0.5) is 0 Å². The zero-order valence-corrected chi connectivity index (χ0v) is 16.6. The number of nitrogens with zero attached hydrogens (tertiary/aromatic N) is 2. The van der Waals surface area contributed by atoms with Crippen LogP contribution in [0.5, 0.6) is 0 Å². The van der Waals surface area contributed by atoms with E-state index in [9.17, 15) is 14.7 Å². The molecule has 1 aromatic rings. The van der Waals surface area contributed by atoms with Crippen LogP contribution < -0.4 is 5.32 Å². The molecule has 0 radical (unpaired) electrons. The van der Waals surface area contributed by atoms with Gasteiger partial charge in [0.2, 0.25) is 0 Å². The third-order valence-electron chi connectivity index (χ3n) is 5.40. The molecule has 1 fully saturated rings. The summed E-state index contributed by atoms with van der Waals surface area (Å²) in [6.07, 6.45) is 9.61. The van der Waals surface area contributed by atoms with E-state index in [0.717, 1.165) is 32.1 Å². The molecule has 6 heteroatoms. The molecule has 2 rings (SSSR count). The van der Waals surface area contributed by atoms with Crippen LogP contribution in [0.15, 0.2) is 30.9 Å². The van der Waals surface area contributed by atoms with Gasteiger partial charge >= 0.3 is 0 Å². The van der Waals surface area contributed by atoms with E-state index in [1.54, 1.807) is 0 Å². The fourth-order valence-corrected chi connectivity index (χ4v) is 3.81. The SMILES string of the molecule is C=C(O)[C@@H](CC(=O)[C@@H](NC(=O)c1cnccn1)C1CCCCC1)C(C)(C)C. The lowest BCUT2D eigenvalue weighted by atomic mass is 9.74. The normalized spacial score (nSPS) is 17.7. The Balaban J connectivity index is 2.19. The van der Waals surface area contributed by atoms with Crippen LogP contribution >= 0.6 is 0 Å². The molecule has 1 amide bonds. The predicted octanol–water partition coefficient (Wildman–Crippen LogP) is 3.85. The maximum atomic E-state index is 13.2. The summed E-state index contributed by atoms with van der Waals surface area (Å²) in [6, 6.07) is -0.580. The third kappa shape index (κ3) is 5.88. The van der Waals surface area contributed by atoms with Gasteiger partial charge in [-0.2, -0.15) is 0 Å². The van der Waals surface area contributed by atoms with Crippen molar-refractivity contribution in [1.29, 1.82) is 0 Å². The van der Waals surface area contributed by atoms with Crippen LogP contribution in [0, 0.1) is 17.3 Å². The van der Waals surface area contributed by atoms with Crippen molar-refractivity contribution in [2.45, 2.75) is 65.3 Å². The van der Waals surface area contributed by atoms with E-state index in [2.05, 4.69) is 21.9 Å². The van der Waals surface area contributed by atoms with E-state index >= 15 is 0 Å². The first kappa shape index (κ1) is 21.1. The molecule has 0 saturated heterocycles. The van der Waals surface area contributed by atoms with Gasteiger partial charge in [-0.1, -0.05) is 46.6 Å². The number of amides is 1. The van der Waals surface area contributed by atoms with E-state index in [-0.39, 0.29) is 46.8 Å². The fourth-order valence-electron chi connectivity index (χ4n) is 3.81. The number of carbonyl (C=O) groups excluding carboxylic acids is 2. The molecule has 1 aliphatic rings. The number of ketones is 1. The highest BCUT2D eigenvalue weighted by atomic mass is 16.3. The molecule has 0 aromatic carbocycles. The standard InChI is InChI=1S/C21H31N3O3/c1-14(25)16(21(2,3)4)12-18(26)19(15-8-6-5-7-9-15)24-20(27)17-13-22-10-11-23-17/h10-11,13,15-16,19,25H,1,5-9,12H2,2-4H3,(H,24,27)/t16-,19+/m1/s1. The third-order valence-corrected chi connectivity index (χ3v) is 5.40. The summed E-state index contributed by atoms with van der Waals surface area (Å²) in [7, 11) is 0. The maximum Gasteiger partial charge on any atom is 0.272 e. The van der Waals surface area contributed by atoms with Crippen molar-refractivity contribution in [1.82, 2.24) is 15.3 Å². The number of hydrogen-bond donors (Lipinski definition) is 2. The summed E-state index contributed by atoms with van der Waals surface area (Å²) in [4.78, 5) is 33.7. The zero-order chi connectivity index (χ0) is 20.0. The number of Topliss-reactive ketones (excluding diaryl/α,β-unsaturated/α-hetero) is 1. The highest BCUT2D eigenvalue weighted by molar-refractivity contribution is 5.96. The number of aliphatic hydroxyl groups is 1. The van der Waals surface area contributed by atoms with Gasteiger partial charge in [-0.3, -0.25) is 14.6 Å². The Morgan fingerprint density at radius 1 is 1.26 bits per heavy atom. The number of aliphatic hydroxyl groups excluding tert-OH is 1. The Morgan fingerprint density at radius 3 is 2.44 bits per heavy atom. The Morgan fingerprint density at radius 2 is 1.93 bits per heavy atom. The topological polar surface area (TPSA) is 92.2 Å². The van der Waals surface area contributed by atoms with Crippen molar-refractivity contribution in [3.05, 3.63) is 36.6 Å². The van der Waals surface area contributed by atoms with Crippen molar-refractivity contribution in [2.75, 3.05) is 0 Å². The lowest BCUT2D eigenvalue weighted by Crippen LogP contribution is -2.48. The molecule has 1 aliphatic carbocycles. The number of nitrogens with one attached hydrogen (secondary N) is 1. The minimum Gasteiger partial charge on any atom is -0.513 e. The van der Waals surface area contributed by atoms with E-state index in [1.807, 2.05) is 20.8 Å². The molecule has 0 bridgehead atoms. The van der Waals surface area contributed by atoms with Gasteiger partial charge in [0.15, 0.2) is 5.78 Å². The zero-order valence-electron chi connectivity index (χ0n) is 16.6. The van der Waals surface area contributed by atoms with E-state index in [4.69, 9.17) is 0 Å². The summed E-state index contributed by atoms with van der Waals surface area (Å²) >= 11 is 0. The monoisotopic (exact) mass is 373 g/mol. The first-order valence-corrected chi connectivity index (χ1v) is 9.67. The minimum atomic E-state index is -0.580. The second-order valence-electron chi connectivity index (χ2n) is 8.52. The first-order chi connectivity index (χ1) is 12.7. The molecular weight excluding hydrogens is 342 g/mol. The van der Waals surface area contributed by atoms with Crippen LogP contribution in [0.25, 0.3) is 0 Å². The van der Waals surface area contributed by atoms with Crippen molar-refractivity contribution >= 4 is 11.7 Å². The molecular formula is C21H31N3O3. The Bertz CT molecular complexity index is 661. The Labute approximate surface area is 161 Å². The second kappa shape index (κ2) is 9.11. The molecule has 1 aromatic heterocycles. The number of aromatic nitrogens is 2. The molecule has 0 spiro atoms. The summed E-state index contributed by atoms with van der Waals surface area (Å²) in [5, 5.41) is 12.9. The van der Waals surface area contributed by atoms with E-state index in [1.165, 1.54) is 18.6 Å². The number of carbonyl (C=O) groups is 2. The summed E-state index contributed by atoms with van der Waals surface area (Å²) < 4.78 is 0. The average molecular weight is 373 g/mol. The Kier molecular flexibility index (Phi) is 7.11. The molecule has 27 heavy (non-hydrogen) atoms. The molecule has 6 nitrogen and oxygen atoms in total. The predicted molar refractivity (Wildman–Crippen MR) is 104 cm³/mol. The minimum absolute atomic E-state index is 0.0125. The summed E-state index contributed by atoms with van der Waals surface area (Å²) in [5.74, 6) is -0.682. The molecule has 1 heterocycles. The van der Waals surface area contributed by atoms with Gasteiger partial charge in [0.25, 0.3) is 5.91 Å². The lowest BCUT2D eigenvalue weighted by molar-refractivity contribution is -0.124. The van der Waals surface area contributed by atoms with Crippen molar-refractivity contribution < 1.29 is 14.7 Å². The lowest BCUT2D eigenvalue weighted by Gasteiger charge is -2.34. The van der Waals surface area contributed by atoms with Crippen molar-refractivity contribution in [2.24, 2.45) is 17.3 Å². The van der Waals surface area contributed by atoms with Gasteiger partial charge in [-0.25, -0.2) is 4.98 Å². The van der Waals surface area contributed by atoms with Crippen LogP contribution in [-0.2, 0) is 4.79 Å². The van der Waals surface area contributed by atoms with Gasteiger partial charge in [0.1, 0.15) is 5.69 Å². The quantitative estimate of drug-likeness (QED) is 0.708. The van der Waals surface area contributed by atoms with Crippen molar-refractivity contribution in [3.63, 3.8) is 0 Å². The average Bonchev–Trinajstić information content (AvgIpc) is 2.64. The van der Waals surface area contributed by atoms with Crippen molar-refractivity contribution in [3.8, 4) is 0 Å². The highest BCUT2D eigenvalue weighted by Crippen LogP contribution is 2.35. The summed E-state index contributed by atoms with van der Waals surface area (Å²) in [5.41, 5.74) is -0.0990. The van der Waals surface area contributed by atoms with Gasteiger partial charge in [-0.15, -0.1) is 0 Å². The van der Waals surface area contributed by atoms with Crippen LogP contribution in [0.2, 0.25) is 0 Å². The van der Waals surface area contributed by atoms with Crippen LogP contribution in [0.1, 0.15) is 69.8 Å². The molecule has 2 atom stereocenters. The van der Waals surface area contributed by atoms with Gasteiger partial charge in [0.05, 0.1) is 18.0 Å². The molecule has 0 unspecified atom stereocenters. The van der Waals surface area contributed by atoms with E-state index < -0.39 is 6.04 Å². The van der Waals surface area contributed by atoms with Gasteiger partial charge in [-0.05, 0) is 24.2 Å². The Hall–Kier alpha value is -2.24. The second-order valence-corrected chi connectivity index (χ2v) is 8.52. The van der Waals surface area contributed by atoms with Gasteiger partial charge in [0, 0.05) is 24.7 Å². The number of hydrogen-bond acceptors (Lipinski definition) is 5. The largest absolute Gasteiger partial charge is 0.513 e. The van der Waals surface area contributed by atoms with Gasteiger partial charge < -0.3 is 10.4 Å². The summed E-state index contributed by atoms with van der Waals surface area (Å²) in [6.45, 7) is 9.57.